The fourth-order valence-electron chi connectivity index (χ4n) is 2.15. The monoisotopic (exact) mass is 277 g/mol. The van der Waals surface area contributed by atoms with E-state index in [9.17, 15) is 4.79 Å². The van der Waals surface area contributed by atoms with E-state index in [1.165, 1.54) is 11.3 Å². The molecule has 1 saturated heterocycles. The Labute approximate surface area is 115 Å². The fourth-order valence-corrected chi connectivity index (χ4v) is 2.84. The lowest BCUT2D eigenvalue weighted by atomic mass is 10.2. The van der Waals surface area contributed by atoms with Crippen LogP contribution in [0.5, 0.6) is 0 Å². The van der Waals surface area contributed by atoms with Crippen LogP contribution in [0.25, 0.3) is 0 Å². The minimum atomic E-state index is -0.161. The normalized spacial score (nSPS) is 19.6. The van der Waals surface area contributed by atoms with Crippen LogP contribution in [-0.2, 0) is 4.74 Å². The Kier molecular flexibility index (Phi) is 3.35. The van der Waals surface area contributed by atoms with E-state index in [0.29, 0.717) is 19.7 Å². The number of hydrogen-bond acceptors (Lipinski definition) is 4. The van der Waals surface area contributed by atoms with E-state index in [1.807, 2.05) is 29.3 Å². The zero-order valence-electron chi connectivity index (χ0n) is 10.6. The first-order valence-electron chi connectivity index (χ1n) is 6.20. The number of morpholine rings is 1. The maximum atomic E-state index is 12.3. The van der Waals surface area contributed by atoms with Gasteiger partial charge in [0.1, 0.15) is 11.9 Å². The minimum Gasteiger partial charge on any atom is -0.367 e. The number of aryl methyl sites for hydroxylation is 1. The highest BCUT2D eigenvalue weighted by atomic mass is 32.1. The average molecular weight is 277 g/mol. The molecule has 6 heteroatoms. The van der Waals surface area contributed by atoms with Crippen molar-refractivity contribution in [3.63, 3.8) is 0 Å². The zero-order chi connectivity index (χ0) is 13.2. The average Bonchev–Trinajstić information content (AvgIpc) is 3.09. The molecule has 0 aromatic carbocycles. The Morgan fingerprint density at radius 2 is 2.53 bits per heavy atom. The van der Waals surface area contributed by atoms with Gasteiger partial charge in [-0.25, -0.2) is 4.98 Å². The SMILES string of the molecule is Cc1cnc(C2CN(C(=O)c3cccs3)CCO2)[nH]1. The van der Waals surface area contributed by atoms with Crippen molar-refractivity contribution in [1.29, 1.82) is 0 Å². The second-order valence-electron chi connectivity index (χ2n) is 4.54. The smallest absolute Gasteiger partial charge is 0.264 e. The molecule has 2 aromatic rings. The highest BCUT2D eigenvalue weighted by molar-refractivity contribution is 7.12. The van der Waals surface area contributed by atoms with Gasteiger partial charge in [0.2, 0.25) is 0 Å². The van der Waals surface area contributed by atoms with E-state index in [2.05, 4.69) is 9.97 Å². The van der Waals surface area contributed by atoms with Gasteiger partial charge in [0.15, 0.2) is 0 Å². The standard InChI is InChI=1S/C13H15N3O2S/c1-9-7-14-12(15-9)10-8-16(4-5-18-10)13(17)11-3-2-6-19-11/h2-3,6-7,10H,4-5,8H2,1H3,(H,14,15). The minimum absolute atomic E-state index is 0.0755. The van der Waals surface area contributed by atoms with E-state index in [0.717, 1.165) is 16.4 Å². The van der Waals surface area contributed by atoms with E-state index in [1.54, 1.807) is 6.20 Å². The lowest BCUT2D eigenvalue weighted by Crippen LogP contribution is -2.42. The third-order valence-corrected chi connectivity index (χ3v) is 3.97. The summed E-state index contributed by atoms with van der Waals surface area (Å²) >= 11 is 1.47. The summed E-state index contributed by atoms with van der Waals surface area (Å²) in [4.78, 5) is 22.3. The molecule has 0 aliphatic carbocycles. The van der Waals surface area contributed by atoms with Gasteiger partial charge in [-0.15, -0.1) is 11.3 Å². The van der Waals surface area contributed by atoms with Crippen molar-refractivity contribution in [1.82, 2.24) is 14.9 Å². The molecule has 0 spiro atoms. The third-order valence-electron chi connectivity index (χ3n) is 3.11. The van der Waals surface area contributed by atoms with Crippen molar-refractivity contribution in [2.75, 3.05) is 19.7 Å². The Balaban J connectivity index is 1.73. The number of aromatic nitrogens is 2. The summed E-state index contributed by atoms with van der Waals surface area (Å²) in [5.41, 5.74) is 1.00. The molecule has 19 heavy (non-hydrogen) atoms. The molecule has 0 radical (unpaired) electrons. The van der Waals surface area contributed by atoms with Gasteiger partial charge in [-0.05, 0) is 18.4 Å². The Morgan fingerprint density at radius 3 is 3.21 bits per heavy atom. The molecule has 2 aromatic heterocycles. The topological polar surface area (TPSA) is 58.2 Å². The third kappa shape index (κ3) is 2.54. The van der Waals surface area contributed by atoms with Gasteiger partial charge < -0.3 is 14.6 Å². The van der Waals surface area contributed by atoms with Crippen molar-refractivity contribution in [3.05, 3.63) is 40.1 Å². The Morgan fingerprint density at radius 1 is 1.63 bits per heavy atom. The first-order valence-corrected chi connectivity index (χ1v) is 7.08. The van der Waals surface area contributed by atoms with Crippen molar-refractivity contribution < 1.29 is 9.53 Å². The second-order valence-corrected chi connectivity index (χ2v) is 5.49. The molecule has 1 aliphatic rings. The van der Waals surface area contributed by atoms with Gasteiger partial charge in [0.05, 0.1) is 18.0 Å². The summed E-state index contributed by atoms with van der Waals surface area (Å²) in [7, 11) is 0. The van der Waals surface area contributed by atoms with Crippen LogP contribution in [0, 0.1) is 6.92 Å². The molecule has 0 saturated carbocycles. The van der Waals surface area contributed by atoms with Crippen LogP contribution in [0.3, 0.4) is 0 Å². The number of hydrogen-bond donors (Lipinski definition) is 1. The number of aromatic amines is 1. The van der Waals surface area contributed by atoms with Gasteiger partial charge in [0.25, 0.3) is 5.91 Å². The van der Waals surface area contributed by atoms with E-state index in [4.69, 9.17) is 4.74 Å². The summed E-state index contributed by atoms with van der Waals surface area (Å²) in [6.45, 7) is 3.67. The fraction of sp³-hybridized carbons (Fsp3) is 0.385. The summed E-state index contributed by atoms with van der Waals surface area (Å²) < 4.78 is 5.69. The van der Waals surface area contributed by atoms with Gasteiger partial charge in [-0.1, -0.05) is 6.07 Å². The van der Waals surface area contributed by atoms with Crippen LogP contribution < -0.4 is 0 Å². The summed E-state index contributed by atoms with van der Waals surface area (Å²) in [6.07, 6.45) is 1.62. The number of nitrogens with one attached hydrogen (secondary N) is 1. The number of thiophene rings is 1. The van der Waals surface area contributed by atoms with E-state index >= 15 is 0 Å². The summed E-state index contributed by atoms with van der Waals surface area (Å²) in [5, 5.41) is 1.92. The molecule has 5 nitrogen and oxygen atoms in total. The molecule has 1 amide bonds. The van der Waals surface area contributed by atoms with Gasteiger partial charge >= 0.3 is 0 Å². The number of carbonyl (C=O) groups is 1. The molecule has 1 N–H and O–H groups in total. The number of ether oxygens (including phenoxy) is 1. The number of rotatable bonds is 2. The van der Waals surface area contributed by atoms with Crippen LogP contribution in [0.4, 0.5) is 0 Å². The van der Waals surface area contributed by atoms with Crippen LogP contribution in [0.15, 0.2) is 23.7 Å². The molecule has 3 heterocycles. The maximum absolute atomic E-state index is 12.3. The lowest BCUT2D eigenvalue weighted by Gasteiger charge is -2.31. The van der Waals surface area contributed by atoms with Crippen molar-refractivity contribution in [2.24, 2.45) is 0 Å². The van der Waals surface area contributed by atoms with E-state index < -0.39 is 0 Å². The van der Waals surface area contributed by atoms with Crippen molar-refractivity contribution >= 4 is 17.2 Å². The van der Waals surface area contributed by atoms with Crippen molar-refractivity contribution in [2.45, 2.75) is 13.0 Å². The molecule has 100 valence electrons. The first-order chi connectivity index (χ1) is 9.24. The first kappa shape index (κ1) is 12.4. The largest absolute Gasteiger partial charge is 0.367 e. The molecule has 1 unspecified atom stereocenters. The quantitative estimate of drug-likeness (QED) is 0.913. The molecule has 3 rings (SSSR count). The molecular weight excluding hydrogens is 262 g/mol. The highest BCUT2D eigenvalue weighted by Crippen LogP contribution is 2.22. The zero-order valence-corrected chi connectivity index (χ0v) is 11.4. The van der Waals surface area contributed by atoms with Crippen LogP contribution in [0.2, 0.25) is 0 Å². The lowest BCUT2D eigenvalue weighted by molar-refractivity contribution is -0.0263. The molecule has 1 atom stereocenters. The summed E-state index contributed by atoms with van der Waals surface area (Å²) in [5.74, 6) is 0.868. The van der Waals surface area contributed by atoms with Gasteiger partial charge in [0, 0.05) is 18.4 Å². The van der Waals surface area contributed by atoms with Gasteiger partial charge in [-0.3, -0.25) is 4.79 Å². The second kappa shape index (κ2) is 5.14. The van der Waals surface area contributed by atoms with Crippen LogP contribution in [0.1, 0.15) is 27.3 Å². The Bertz CT molecular complexity index is 564. The highest BCUT2D eigenvalue weighted by Gasteiger charge is 2.27. The molecule has 0 bridgehead atoms. The maximum Gasteiger partial charge on any atom is 0.264 e. The predicted octanol–water partition coefficient (Wildman–Crippen LogP) is 1.99. The van der Waals surface area contributed by atoms with Gasteiger partial charge in [-0.2, -0.15) is 0 Å². The van der Waals surface area contributed by atoms with E-state index in [-0.39, 0.29) is 12.0 Å². The van der Waals surface area contributed by atoms with Crippen LogP contribution in [-0.4, -0.2) is 40.5 Å². The Hall–Kier alpha value is -1.66. The summed E-state index contributed by atoms with van der Waals surface area (Å²) in [6, 6.07) is 3.75. The number of nitrogens with zero attached hydrogens (tertiary/aromatic N) is 2. The number of carbonyl (C=O) groups excluding carboxylic acids is 1. The van der Waals surface area contributed by atoms with Crippen molar-refractivity contribution in [3.8, 4) is 0 Å². The molecule has 1 aliphatic heterocycles. The number of amides is 1. The molecule has 1 fully saturated rings. The number of imidazole rings is 1. The number of H-pyrrole nitrogens is 1. The van der Waals surface area contributed by atoms with Crippen LogP contribution >= 0.6 is 11.3 Å². The predicted molar refractivity (Wildman–Crippen MR) is 72.2 cm³/mol. The molecular formula is C13H15N3O2S.